The van der Waals surface area contributed by atoms with E-state index in [9.17, 15) is 14.9 Å². The van der Waals surface area contributed by atoms with E-state index < -0.39 is 10.8 Å². The van der Waals surface area contributed by atoms with Crippen molar-refractivity contribution in [1.82, 2.24) is 15.1 Å². The van der Waals surface area contributed by atoms with Gasteiger partial charge in [0.15, 0.2) is 5.82 Å². The summed E-state index contributed by atoms with van der Waals surface area (Å²) < 4.78 is 0. The number of anilines is 1. The first-order chi connectivity index (χ1) is 15.3. The van der Waals surface area contributed by atoms with Gasteiger partial charge in [0.05, 0.1) is 15.6 Å². The van der Waals surface area contributed by atoms with Gasteiger partial charge in [0, 0.05) is 47.9 Å². The summed E-state index contributed by atoms with van der Waals surface area (Å²) in [6.45, 7) is 1.79. The van der Waals surface area contributed by atoms with Crippen LogP contribution in [0, 0.1) is 10.1 Å². The van der Waals surface area contributed by atoms with E-state index in [4.69, 9.17) is 34.8 Å². The first-order valence-corrected chi connectivity index (χ1v) is 10.7. The first-order valence-electron chi connectivity index (χ1n) is 9.61. The molecule has 1 aliphatic heterocycles. The molecule has 0 unspecified atom stereocenters. The monoisotopic (exact) mass is 491 g/mol. The molecule has 32 heavy (non-hydrogen) atoms. The lowest BCUT2D eigenvalue weighted by atomic mass is 10.1. The van der Waals surface area contributed by atoms with Gasteiger partial charge in [0.25, 0.3) is 11.6 Å². The number of carbonyl (C=O) groups excluding carboxylic acids is 1. The van der Waals surface area contributed by atoms with Crippen molar-refractivity contribution in [2.75, 3.05) is 31.1 Å². The van der Waals surface area contributed by atoms with Crippen LogP contribution in [0.3, 0.4) is 0 Å². The molecule has 0 spiro atoms. The van der Waals surface area contributed by atoms with Gasteiger partial charge in [-0.3, -0.25) is 14.9 Å². The molecule has 4 rings (SSSR count). The van der Waals surface area contributed by atoms with Crippen molar-refractivity contribution in [2.24, 2.45) is 0 Å². The number of nitro groups is 1. The SMILES string of the molecule is O=C(c1cc(Cl)ccc1[N+](=O)[O-])N1CCN(c2ccc(-c3ccc(Cl)cc3Cl)nn2)CC1. The summed E-state index contributed by atoms with van der Waals surface area (Å²) in [6.07, 6.45) is 0. The first kappa shape index (κ1) is 22.3. The second-order valence-electron chi connectivity index (χ2n) is 7.10. The fourth-order valence-electron chi connectivity index (χ4n) is 3.48. The highest BCUT2D eigenvalue weighted by molar-refractivity contribution is 6.36. The number of hydrogen-bond acceptors (Lipinski definition) is 6. The van der Waals surface area contributed by atoms with Crippen molar-refractivity contribution < 1.29 is 9.72 Å². The van der Waals surface area contributed by atoms with E-state index in [0.29, 0.717) is 47.7 Å². The third-order valence-electron chi connectivity index (χ3n) is 5.13. The third kappa shape index (κ3) is 4.62. The van der Waals surface area contributed by atoms with Gasteiger partial charge in [-0.05, 0) is 42.5 Å². The van der Waals surface area contributed by atoms with E-state index in [1.807, 2.05) is 17.0 Å². The molecule has 0 saturated carbocycles. The predicted octanol–water partition coefficient (Wildman–Crippen LogP) is 4.97. The molecule has 1 aliphatic rings. The number of piperazine rings is 1. The number of nitro benzene ring substituents is 1. The molecule has 1 saturated heterocycles. The average molecular weight is 493 g/mol. The van der Waals surface area contributed by atoms with Crippen LogP contribution < -0.4 is 4.90 Å². The molecule has 1 fully saturated rings. The van der Waals surface area contributed by atoms with Crippen LogP contribution >= 0.6 is 34.8 Å². The van der Waals surface area contributed by atoms with Crippen LogP contribution in [0.5, 0.6) is 0 Å². The number of rotatable bonds is 4. The van der Waals surface area contributed by atoms with E-state index in [1.165, 1.54) is 18.2 Å². The molecule has 2 aromatic carbocycles. The van der Waals surface area contributed by atoms with Crippen molar-refractivity contribution in [3.8, 4) is 11.3 Å². The van der Waals surface area contributed by atoms with Gasteiger partial charge < -0.3 is 9.80 Å². The molecule has 8 nitrogen and oxygen atoms in total. The Balaban J connectivity index is 1.44. The Morgan fingerprint density at radius 1 is 0.906 bits per heavy atom. The van der Waals surface area contributed by atoms with Gasteiger partial charge in [-0.1, -0.05) is 34.8 Å². The second-order valence-corrected chi connectivity index (χ2v) is 8.38. The molecular weight excluding hydrogens is 477 g/mol. The number of nitrogens with zero attached hydrogens (tertiary/aromatic N) is 5. The van der Waals surface area contributed by atoms with Crippen LogP contribution in [0.25, 0.3) is 11.3 Å². The lowest BCUT2D eigenvalue weighted by molar-refractivity contribution is -0.385. The minimum absolute atomic E-state index is 0.0139. The van der Waals surface area contributed by atoms with Crippen LogP contribution in [0.15, 0.2) is 48.5 Å². The summed E-state index contributed by atoms with van der Waals surface area (Å²) in [5, 5.41) is 21.1. The number of benzene rings is 2. The zero-order valence-corrected chi connectivity index (χ0v) is 18.8. The van der Waals surface area contributed by atoms with Gasteiger partial charge in [-0.15, -0.1) is 10.2 Å². The number of hydrogen-bond donors (Lipinski definition) is 0. The molecule has 3 aromatic rings. The van der Waals surface area contributed by atoms with E-state index in [0.717, 1.165) is 5.56 Å². The van der Waals surface area contributed by atoms with Crippen molar-refractivity contribution in [2.45, 2.75) is 0 Å². The average Bonchev–Trinajstić information content (AvgIpc) is 2.79. The Labute approximate surface area is 198 Å². The van der Waals surface area contributed by atoms with E-state index >= 15 is 0 Å². The number of amides is 1. The van der Waals surface area contributed by atoms with Crippen molar-refractivity contribution >= 4 is 52.2 Å². The topological polar surface area (TPSA) is 92.5 Å². The Kier molecular flexibility index (Phi) is 6.45. The second kappa shape index (κ2) is 9.28. The quantitative estimate of drug-likeness (QED) is 0.377. The van der Waals surface area contributed by atoms with Gasteiger partial charge in [-0.2, -0.15) is 0 Å². The molecular formula is C21H16Cl3N5O3. The Morgan fingerprint density at radius 2 is 1.59 bits per heavy atom. The number of aromatic nitrogens is 2. The minimum Gasteiger partial charge on any atom is -0.352 e. The summed E-state index contributed by atoms with van der Waals surface area (Å²) in [6, 6.07) is 12.8. The van der Waals surface area contributed by atoms with Gasteiger partial charge >= 0.3 is 0 Å². The highest BCUT2D eigenvalue weighted by Gasteiger charge is 2.28. The maximum atomic E-state index is 12.9. The van der Waals surface area contributed by atoms with E-state index in [2.05, 4.69) is 10.2 Å². The summed E-state index contributed by atoms with van der Waals surface area (Å²) >= 11 is 18.1. The highest BCUT2D eigenvalue weighted by atomic mass is 35.5. The fraction of sp³-hybridized carbons (Fsp3) is 0.190. The van der Waals surface area contributed by atoms with Gasteiger partial charge in [0.1, 0.15) is 5.56 Å². The van der Waals surface area contributed by atoms with E-state index in [1.54, 1.807) is 23.1 Å². The van der Waals surface area contributed by atoms with Crippen LogP contribution in [-0.4, -0.2) is 52.1 Å². The minimum atomic E-state index is -0.579. The Morgan fingerprint density at radius 3 is 2.22 bits per heavy atom. The molecule has 0 atom stereocenters. The van der Waals surface area contributed by atoms with E-state index in [-0.39, 0.29) is 16.3 Å². The maximum absolute atomic E-state index is 12.9. The molecule has 2 heterocycles. The molecule has 0 bridgehead atoms. The lowest BCUT2D eigenvalue weighted by Gasteiger charge is -2.35. The summed E-state index contributed by atoms with van der Waals surface area (Å²) in [4.78, 5) is 27.1. The highest BCUT2D eigenvalue weighted by Crippen LogP contribution is 2.30. The largest absolute Gasteiger partial charge is 0.352 e. The molecule has 1 amide bonds. The zero-order chi connectivity index (χ0) is 22.8. The summed E-state index contributed by atoms with van der Waals surface area (Å²) in [5.74, 6) is 0.248. The fourth-order valence-corrected chi connectivity index (χ4v) is 4.16. The normalized spacial score (nSPS) is 13.8. The molecule has 1 aromatic heterocycles. The van der Waals surface area contributed by atoms with Crippen LogP contribution in [0.1, 0.15) is 10.4 Å². The summed E-state index contributed by atoms with van der Waals surface area (Å²) in [7, 11) is 0. The smallest absolute Gasteiger partial charge is 0.282 e. The summed E-state index contributed by atoms with van der Waals surface area (Å²) in [5.41, 5.74) is 1.08. The van der Waals surface area contributed by atoms with Gasteiger partial charge in [0.2, 0.25) is 0 Å². The maximum Gasteiger partial charge on any atom is 0.282 e. The number of halogens is 3. The van der Waals surface area contributed by atoms with Crippen LogP contribution in [-0.2, 0) is 0 Å². The van der Waals surface area contributed by atoms with Gasteiger partial charge in [-0.25, -0.2) is 0 Å². The number of carbonyl (C=O) groups is 1. The predicted molar refractivity (Wildman–Crippen MR) is 124 cm³/mol. The molecule has 0 radical (unpaired) electrons. The lowest BCUT2D eigenvalue weighted by Crippen LogP contribution is -2.49. The van der Waals surface area contributed by atoms with Crippen LogP contribution in [0.4, 0.5) is 11.5 Å². The standard InChI is InChI=1S/C21H16Cl3N5O3/c22-13-2-5-19(29(31)32)16(11-13)21(30)28-9-7-27(8-10-28)20-6-4-18(25-26-20)15-3-1-14(23)12-17(15)24/h1-6,11-12H,7-10H2. The van der Waals surface area contributed by atoms with Crippen molar-refractivity contribution in [3.63, 3.8) is 0 Å². The third-order valence-corrected chi connectivity index (χ3v) is 5.92. The Bertz CT molecular complexity index is 1180. The molecule has 0 aliphatic carbocycles. The molecule has 0 N–H and O–H groups in total. The van der Waals surface area contributed by atoms with Crippen LogP contribution in [0.2, 0.25) is 15.1 Å². The van der Waals surface area contributed by atoms with Crippen molar-refractivity contribution in [1.29, 1.82) is 0 Å². The van der Waals surface area contributed by atoms with Crippen molar-refractivity contribution in [3.05, 3.63) is 79.3 Å². The Hall–Kier alpha value is -2.94. The molecule has 164 valence electrons. The zero-order valence-electron chi connectivity index (χ0n) is 16.5. The molecule has 11 heteroatoms.